The van der Waals surface area contributed by atoms with Gasteiger partial charge in [-0.1, -0.05) is 11.2 Å². The summed E-state index contributed by atoms with van der Waals surface area (Å²) in [7, 11) is 2.70. The van der Waals surface area contributed by atoms with Gasteiger partial charge in [0, 0.05) is 10.6 Å². The monoisotopic (exact) mass is 222 g/mol. The third kappa shape index (κ3) is 2.79. The second-order valence-electron chi connectivity index (χ2n) is 2.69. The highest BCUT2D eigenvalue weighted by Crippen LogP contribution is 2.29. The number of nitrogens with zero attached hydrogens (tertiary/aromatic N) is 3. The van der Waals surface area contributed by atoms with Crippen molar-refractivity contribution in [1.82, 2.24) is 0 Å². The lowest BCUT2D eigenvalue weighted by Gasteiger charge is -2.09. The number of anilines is 1. The molecule has 7 heteroatoms. The summed E-state index contributed by atoms with van der Waals surface area (Å²) in [5.74, 6) is 0.385. The van der Waals surface area contributed by atoms with Crippen molar-refractivity contribution in [3.63, 3.8) is 0 Å². The highest BCUT2D eigenvalue weighted by molar-refractivity contribution is 5.87. The van der Waals surface area contributed by atoms with Gasteiger partial charge in [0.2, 0.25) is 0 Å². The van der Waals surface area contributed by atoms with Gasteiger partial charge in [-0.25, -0.2) is 4.79 Å². The van der Waals surface area contributed by atoms with Crippen LogP contribution >= 0.6 is 0 Å². The molecule has 0 bridgehead atoms. The smallest absolute Gasteiger partial charge is 0.411 e. The fourth-order valence-corrected chi connectivity index (χ4v) is 1.06. The standard InChI is InChI=1S/C9H10N4O3/c1-15-8-5-6(12-13-10)3-4-7(8)11-9(14)16-2/h3-5H,1-2H3,(H,11,14). The van der Waals surface area contributed by atoms with Gasteiger partial charge in [-0.2, -0.15) is 0 Å². The highest BCUT2D eigenvalue weighted by atomic mass is 16.5. The molecule has 1 aromatic rings. The molecule has 1 N–H and O–H groups in total. The van der Waals surface area contributed by atoms with Crippen molar-refractivity contribution in [1.29, 1.82) is 0 Å². The number of carbonyl (C=O) groups excluding carboxylic acids is 1. The minimum Gasteiger partial charge on any atom is -0.495 e. The molecular weight excluding hydrogens is 212 g/mol. The molecule has 0 spiro atoms. The summed E-state index contributed by atoms with van der Waals surface area (Å²) in [6, 6.07) is 4.61. The van der Waals surface area contributed by atoms with Crippen molar-refractivity contribution < 1.29 is 14.3 Å². The molecule has 84 valence electrons. The van der Waals surface area contributed by atoms with E-state index in [2.05, 4.69) is 20.1 Å². The third-order valence-corrected chi connectivity index (χ3v) is 1.77. The predicted octanol–water partition coefficient (Wildman–Crippen LogP) is 2.82. The molecule has 0 radical (unpaired) electrons. The van der Waals surface area contributed by atoms with Crippen LogP contribution < -0.4 is 10.1 Å². The molecule has 0 fully saturated rings. The van der Waals surface area contributed by atoms with Crippen LogP contribution in [0.25, 0.3) is 10.4 Å². The van der Waals surface area contributed by atoms with E-state index < -0.39 is 6.09 Å². The number of amides is 1. The first-order valence-electron chi connectivity index (χ1n) is 4.29. The first-order valence-corrected chi connectivity index (χ1v) is 4.29. The van der Waals surface area contributed by atoms with Gasteiger partial charge in [0.05, 0.1) is 19.9 Å². The molecule has 1 amide bonds. The summed E-state index contributed by atoms with van der Waals surface area (Å²) >= 11 is 0. The molecule has 0 aliphatic carbocycles. The van der Waals surface area contributed by atoms with Crippen LogP contribution in [0.15, 0.2) is 23.3 Å². The number of nitrogens with one attached hydrogen (secondary N) is 1. The van der Waals surface area contributed by atoms with E-state index in [0.717, 1.165) is 0 Å². The number of ether oxygens (including phenoxy) is 2. The minimum absolute atomic E-state index is 0.385. The maximum Gasteiger partial charge on any atom is 0.411 e. The fraction of sp³-hybridized carbons (Fsp3) is 0.222. The first kappa shape index (κ1) is 11.7. The molecule has 0 aromatic heterocycles. The molecule has 16 heavy (non-hydrogen) atoms. The summed E-state index contributed by atoms with van der Waals surface area (Å²) in [6.07, 6.45) is -0.602. The normalized spacial score (nSPS) is 8.88. The number of carbonyl (C=O) groups is 1. The predicted molar refractivity (Wildman–Crippen MR) is 57.8 cm³/mol. The molecule has 1 rings (SSSR count). The number of rotatable bonds is 3. The third-order valence-electron chi connectivity index (χ3n) is 1.77. The Morgan fingerprint density at radius 2 is 2.25 bits per heavy atom. The summed E-state index contributed by atoms with van der Waals surface area (Å²) in [5, 5.41) is 5.87. The second-order valence-corrected chi connectivity index (χ2v) is 2.69. The zero-order chi connectivity index (χ0) is 12.0. The molecule has 0 aliphatic heterocycles. The zero-order valence-corrected chi connectivity index (χ0v) is 8.80. The van der Waals surface area contributed by atoms with Gasteiger partial charge in [-0.15, -0.1) is 0 Å². The van der Waals surface area contributed by atoms with Gasteiger partial charge >= 0.3 is 6.09 Å². The SMILES string of the molecule is COC(=O)Nc1ccc(N=[N+]=[N-])cc1OC. The molecule has 1 aromatic carbocycles. The Hall–Kier alpha value is -2.40. The van der Waals surface area contributed by atoms with E-state index in [-0.39, 0.29) is 0 Å². The van der Waals surface area contributed by atoms with Gasteiger partial charge in [-0.3, -0.25) is 5.32 Å². The first-order chi connectivity index (χ1) is 7.71. The Morgan fingerprint density at radius 1 is 1.50 bits per heavy atom. The quantitative estimate of drug-likeness (QED) is 0.483. The number of azide groups is 1. The summed E-state index contributed by atoms with van der Waals surface area (Å²) in [5.41, 5.74) is 9.10. The van der Waals surface area contributed by atoms with E-state index in [1.807, 2.05) is 0 Å². The van der Waals surface area contributed by atoms with Crippen LogP contribution in [0.1, 0.15) is 0 Å². The molecule has 0 unspecified atom stereocenters. The van der Waals surface area contributed by atoms with Gasteiger partial charge < -0.3 is 9.47 Å². The van der Waals surface area contributed by atoms with E-state index in [1.165, 1.54) is 20.3 Å². The maximum absolute atomic E-state index is 11.0. The average molecular weight is 222 g/mol. The van der Waals surface area contributed by atoms with E-state index in [1.54, 1.807) is 12.1 Å². The lowest BCUT2D eigenvalue weighted by Crippen LogP contribution is -2.11. The van der Waals surface area contributed by atoms with Crippen LogP contribution in [0.4, 0.5) is 16.2 Å². The lowest BCUT2D eigenvalue weighted by molar-refractivity contribution is 0.187. The van der Waals surface area contributed by atoms with Crippen LogP contribution in [0.5, 0.6) is 5.75 Å². The summed E-state index contributed by atoms with van der Waals surface area (Å²) < 4.78 is 9.47. The van der Waals surface area contributed by atoms with Gasteiger partial charge in [-0.05, 0) is 17.7 Å². The minimum atomic E-state index is -0.602. The van der Waals surface area contributed by atoms with Gasteiger partial charge in [0.25, 0.3) is 0 Å². The lowest BCUT2D eigenvalue weighted by atomic mass is 10.2. The zero-order valence-electron chi connectivity index (χ0n) is 8.80. The van der Waals surface area contributed by atoms with E-state index in [9.17, 15) is 4.79 Å². The van der Waals surface area contributed by atoms with Crippen LogP contribution in [0.2, 0.25) is 0 Å². The van der Waals surface area contributed by atoms with Crippen LogP contribution in [-0.4, -0.2) is 20.3 Å². The fourth-order valence-electron chi connectivity index (χ4n) is 1.06. The van der Waals surface area contributed by atoms with Crippen molar-refractivity contribution in [2.75, 3.05) is 19.5 Å². The van der Waals surface area contributed by atoms with Crippen molar-refractivity contribution >= 4 is 17.5 Å². The number of hydrogen-bond acceptors (Lipinski definition) is 4. The average Bonchev–Trinajstić information content (AvgIpc) is 2.31. The van der Waals surface area contributed by atoms with E-state index >= 15 is 0 Å². The van der Waals surface area contributed by atoms with Crippen molar-refractivity contribution in [2.45, 2.75) is 0 Å². The van der Waals surface area contributed by atoms with Gasteiger partial charge in [0.1, 0.15) is 5.75 Å². The Bertz CT molecular complexity index is 440. The van der Waals surface area contributed by atoms with Crippen molar-refractivity contribution in [2.24, 2.45) is 5.11 Å². The van der Waals surface area contributed by atoms with Crippen LogP contribution in [0.3, 0.4) is 0 Å². The number of hydrogen-bond donors (Lipinski definition) is 1. The van der Waals surface area contributed by atoms with Gasteiger partial charge in [0.15, 0.2) is 0 Å². The highest BCUT2D eigenvalue weighted by Gasteiger charge is 2.07. The maximum atomic E-state index is 11.0. The van der Waals surface area contributed by atoms with Crippen molar-refractivity contribution in [3.8, 4) is 5.75 Å². The van der Waals surface area contributed by atoms with E-state index in [4.69, 9.17) is 10.3 Å². The number of methoxy groups -OCH3 is 2. The van der Waals surface area contributed by atoms with E-state index in [0.29, 0.717) is 17.1 Å². The molecule has 0 saturated carbocycles. The molecule has 0 saturated heterocycles. The second kappa shape index (κ2) is 5.47. The van der Waals surface area contributed by atoms with Crippen LogP contribution in [-0.2, 0) is 4.74 Å². The molecular formula is C9H10N4O3. The Balaban J connectivity index is 3.01. The molecule has 0 aliphatic rings. The molecule has 0 heterocycles. The van der Waals surface area contributed by atoms with Crippen molar-refractivity contribution in [3.05, 3.63) is 28.6 Å². The molecule has 0 atom stereocenters. The molecule has 7 nitrogen and oxygen atoms in total. The Kier molecular flexibility index (Phi) is 3.99. The Morgan fingerprint density at radius 3 is 2.81 bits per heavy atom. The summed E-state index contributed by atoms with van der Waals surface area (Å²) in [4.78, 5) is 13.6. The largest absolute Gasteiger partial charge is 0.495 e. The number of benzene rings is 1. The Labute approximate surface area is 91.6 Å². The summed E-state index contributed by atoms with van der Waals surface area (Å²) in [6.45, 7) is 0. The topological polar surface area (TPSA) is 96.3 Å². The van der Waals surface area contributed by atoms with Crippen LogP contribution in [0, 0.1) is 0 Å².